The summed E-state index contributed by atoms with van der Waals surface area (Å²) in [6, 6.07) is 3.21. The standard InChI is InChI=1S/C14H13F3N4O3/c1-8-5-11(20-24-8)19-12(22)7-21(2)13(23)9-3-4-10(18-6-9)14(15,16)17/h3-6H,7H2,1-2H3,(H,19,20,22). The molecule has 0 bridgehead atoms. The third-order valence-corrected chi connectivity index (χ3v) is 2.92. The molecule has 0 radical (unpaired) electrons. The highest BCUT2D eigenvalue weighted by molar-refractivity contribution is 5.98. The summed E-state index contributed by atoms with van der Waals surface area (Å²) in [4.78, 5) is 28.1. The molecule has 128 valence electrons. The molecule has 0 aliphatic carbocycles. The minimum absolute atomic E-state index is 0.0596. The predicted octanol–water partition coefficient (Wildman–Crippen LogP) is 2.11. The Hall–Kier alpha value is -2.91. The number of alkyl halides is 3. The van der Waals surface area contributed by atoms with Crippen molar-refractivity contribution in [2.45, 2.75) is 13.1 Å². The number of hydrogen-bond donors (Lipinski definition) is 1. The van der Waals surface area contributed by atoms with Gasteiger partial charge in [-0.05, 0) is 19.1 Å². The number of pyridine rings is 1. The van der Waals surface area contributed by atoms with Gasteiger partial charge in [-0.2, -0.15) is 13.2 Å². The van der Waals surface area contributed by atoms with Gasteiger partial charge in [-0.3, -0.25) is 14.6 Å². The highest BCUT2D eigenvalue weighted by atomic mass is 19.4. The van der Waals surface area contributed by atoms with Crippen LogP contribution in [0, 0.1) is 6.92 Å². The zero-order valence-electron chi connectivity index (χ0n) is 12.7. The van der Waals surface area contributed by atoms with Crippen molar-refractivity contribution in [3.8, 4) is 0 Å². The van der Waals surface area contributed by atoms with Crippen LogP contribution in [0.5, 0.6) is 0 Å². The Kier molecular flexibility index (Phi) is 4.86. The number of aryl methyl sites for hydroxylation is 1. The smallest absolute Gasteiger partial charge is 0.360 e. The first-order valence-electron chi connectivity index (χ1n) is 6.68. The SMILES string of the molecule is Cc1cc(NC(=O)CN(C)C(=O)c2ccc(C(F)(F)F)nc2)no1. The summed E-state index contributed by atoms with van der Waals surface area (Å²) < 4.78 is 42.1. The number of likely N-dealkylation sites (N-methyl/N-ethyl adjacent to an activating group) is 1. The van der Waals surface area contributed by atoms with Gasteiger partial charge in [-0.15, -0.1) is 0 Å². The fourth-order valence-electron chi connectivity index (χ4n) is 1.80. The van der Waals surface area contributed by atoms with E-state index in [0.717, 1.165) is 17.2 Å². The molecule has 0 aliphatic rings. The number of hydrogen-bond acceptors (Lipinski definition) is 5. The lowest BCUT2D eigenvalue weighted by Crippen LogP contribution is -2.35. The van der Waals surface area contributed by atoms with Crippen LogP contribution in [0.4, 0.5) is 19.0 Å². The van der Waals surface area contributed by atoms with Crippen LogP contribution in [0.15, 0.2) is 28.9 Å². The van der Waals surface area contributed by atoms with E-state index in [2.05, 4.69) is 15.5 Å². The summed E-state index contributed by atoms with van der Waals surface area (Å²) in [5, 5.41) is 6.00. The van der Waals surface area contributed by atoms with Gasteiger partial charge in [0.2, 0.25) is 5.91 Å². The molecule has 0 aromatic carbocycles. The van der Waals surface area contributed by atoms with Gasteiger partial charge in [-0.1, -0.05) is 5.16 Å². The Morgan fingerprint density at radius 3 is 2.54 bits per heavy atom. The van der Waals surface area contributed by atoms with Crippen molar-refractivity contribution in [1.29, 1.82) is 0 Å². The molecule has 0 atom stereocenters. The molecule has 2 heterocycles. The molecule has 0 spiro atoms. The van der Waals surface area contributed by atoms with Crippen molar-refractivity contribution in [2.75, 3.05) is 18.9 Å². The van der Waals surface area contributed by atoms with Gasteiger partial charge in [0.15, 0.2) is 5.82 Å². The maximum atomic E-state index is 12.4. The minimum Gasteiger partial charge on any atom is -0.360 e. The first kappa shape index (κ1) is 17.4. The fourth-order valence-corrected chi connectivity index (χ4v) is 1.80. The number of aromatic nitrogens is 2. The second kappa shape index (κ2) is 6.69. The van der Waals surface area contributed by atoms with E-state index >= 15 is 0 Å². The van der Waals surface area contributed by atoms with Crippen molar-refractivity contribution >= 4 is 17.6 Å². The van der Waals surface area contributed by atoms with Gasteiger partial charge in [0.25, 0.3) is 5.91 Å². The Morgan fingerprint density at radius 1 is 1.33 bits per heavy atom. The van der Waals surface area contributed by atoms with Gasteiger partial charge >= 0.3 is 6.18 Å². The molecule has 0 saturated carbocycles. The largest absolute Gasteiger partial charge is 0.433 e. The maximum absolute atomic E-state index is 12.4. The van der Waals surface area contributed by atoms with Gasteiger partial charge in [0, 0.05) is 19.3 Å². The van der Waals surface area contributed by atoms with Crippen LogP contribution in [-0.2, 0) is 11.0 Å². The van der Waals surface area contributed by atoms with Gasteiger partial charge in [0.1, 0.15) is 11.5 Å². The lowest BCUT2D eigenvalue weighted by atomic mass is 10.2. The van der Waals surface area contributed by atoms with E-state index in [1.807, 2.05) is 0 Å². The van der Waals surface area contributed by atoms with Crippen molar-refractivity contribution < 1.29 is 27.3 Å². The number of carbonyl (C=O) groups is 2. The number of rotatable bonds is 4. The molecular weight excluding hydrogens is 329 g/mol. The van der Waals surface area contributed by atoms with Crippen LogP contribution in [-0.4, -0.2) is 40.4 Å². The van der Waals surface area contributed by atoms with Crippen LogP contribution in [0.25, 0.3) is 0 Å². The summed E-state index contributed by atoms with van der Waals surface area (Å²) >= 11 is 0. The minimum atomic E-state index is -4.58. The molecule has 0 aliphatic heterocycles. The van der Waals surface area contributed by atoms with E-state index in [9.17, 15) is 22.8 Å². The van der Waals surface area contributed by atoms with Crippen LogP contribution in [0.1, 0.15) is 21.8 Å². The zero-order valence-corrected chi connectivity index (χ0v) is 12.7. The first-order chi connectivity index (χ1) is 11.2. The molecule has 2 aromatic rings. The second-order valence-corrected chi connectivity index (χ2v) is 4.96. The van der Waals surface area contributed by atoms with Crippen molar-refractivity contribution in [2.24, 2.45) is 0 Å². The molecule has 2 aromatic heterocycles. The lowest BCUT2D eigenvalue weighted by molar-refractivity contribution is -0.141. The number of amides is 2. The molecule has 0 fully saturated rings. The fraction of sp³-hybridized carbons (Fsp3) is 0.286. The van der Waals surface area contributed by atoms with Gasteiger partial charge in [0.05, 0.1) is 12.1 Å². The first-order valence-corrected chi connectivity index (χ1v) is 6.68. The normalized spacial score (nSPS) is 11.2. The van der Waals surface area contributed by atoms with E-state index in [1.54, 1.807) is 6.92 Å². The quantitative estimate of drug-likeness (QED) is 0.919. The highest BCUT2D eigenvalue weighted by Gasteiger charge is 2.32. The van der Waals surface area contributed by atoms with Crippen molar-refractivity contribution in [1.82, 2.24) is 15.0 Å². The number of anilines is 1. The van der Waals surface area contributed by atoms with Crippen LogP contribution in [0.2, 0.25) is 0 Å². The van der Waals surface area contributed by atoms with E-state index in [4.69, 9.17) is 4.52 Å². The molecular formula is C14H13F3N4O3. The third kappa shape index (κ3) is 4.31. The molecule has 0 saturated heterocycles. The third-order valence-electron chi connectivity index (χ3n) is 2.92. The van der Waals surface area contributed by atoms with E-state index in [-0.39, 0.29) is 17.9 Å². The summed E-state index contributed by atoms with van der Waals surface area (Å²) in [5.41, 5.74) is -1.16. The molecule has 1 N–H and O–H groups in total. The molecule has 2 rings (SSSR count). The number of nitrogens with one attached hydrogen (secondary N) is 1. The number of nitrogens with zero attached hydrogens (tertiary/aromatic N) is 3. The second-order valence-electron chi connectivity index (χ2n) is 4.96. The summed E-state index contributed by atoms with van der Waals surface area (Å²) in [7, 11) is 1.34. The molecule has 7 nitrogen and oxygen atoms in total. The molecule has 2 amide bonds. The Balaban J connectivity index is 1.97. The van der Waals surface area contributed by atoms with Gasteiger partial charge < -0.3 is 14.7 Å². The van der Waals surface area contributed by atoms with Crippen LogP contribution >= 0.6 is 0 Å². The van der Waals surface area contributed by atoms with Crippen molar-refractivity contribution in [3.63, 3.8) is 0 Å². The van der Waals surface area contributed by atoms with Gasteiger partial charge in [-0.25, -0.2) is 0 Å². The van der Waals surface area contributed by atoms with E-state index in [0.29, 0.717) is 11.8 Å². The van der Waals surface area contributed by atoms with E-state index < -0.39 is 23.7 Å². The number of carbonyl (C=O) groups excluding carboxylic acids is 2. The van der Waals surface area contributed by atoms with Crippen LogP contribution < -0.4 is 5.32 Å². The predicted molar refractivity (Wildman–Crippen MR) is 76.1 cm³/mol. The zero-order chi connectivity index (χ0) is 17.9. The highest BCUT2D eigenvalue weighted by Crippen LogP contribution is 2.27. The lowest BCUT2D eigenvalue weighted by Gasteiger charge is -2.16. The van der Waals surface area contributed by atoms with Crippen molar-refractivity contribution in [3.05, 3.63) is 41.4 Å². The summed E-state index contributed by atoms with van der Waals surface area (Å²) in [6.07, 6.45) is -3.76. The Morgan fingerprint density at radius 2 is 2.04 bits per heavy atom. The molecule has 10 heteroatoms. The van der Waals surface area contributed by atoms with E-state index in [1.165, 1.54) is 13.1 Å². The average Bonchev–Trinajstić information content (AvgIpc) is 2.90. The Labute approximate surface area is 134 Å². The number of halogens is 3. The molecule has 24 heavy (non-hydrogen) atoms. The maximum Gasteiger partial charge on any atom is 0.433 e. The molecule has 0 unspecified atom stereocenters. The average molecular weight is 342 g/mol. The topological polar surface area (TPSA) is 88.3 Å². The monoisotopic (exact) mass is 342 g/mol. The Bertz CT molecular complexity index is 740. The van der Waals surface area contributed by atoms with Crippen LogP contribution in [0.3, 0.4) is 0 Å². The summed E-state index contributed by atoms with van der Waals surface area (Å²) in [6.45, 7) is 1.33. The summed E-state index contributed by atoms with van der Waals surface area (Å²) in [5.74, 6) is -0.457.